The molecular formula is C12H18N2O3. The fourth-order valence-electron chi connectivity index (χ4n) is 2.28. The Bertz CT molecular complexity index is 335. The lowest BCUT2D eigenvalue weighted by Crippen LogP contribution is -2.43. The topological polar surface area (TPSA) is 90.2 Å². The summed E-state index contributed by atoms with van der Waals surface area (Å²) in [7, 11) is 0. The van der Waals surface area contributed by atoms with Crippen LogP contribution in [0.25, 0.3) is 0 Å². The maximum atomic E-state index is 11.9. The number of amides is 1. The maximum Gasteiger partial charge on any atom is 0.307 e. The number of carboxylic acids is 1. The first-order valence-electron chi connectivity index (χ1n) is 5.96. The number of carbonyl (C=O) groups is 2. The first-order chi connectivity index (χ1) is 8.06. The average Bonchev–Trinajstić information content (AvgIpc) is 2.29. The molecule has 17 heavy (non-hydrogen) atoms. The van der Waals surface area contributed by atoms with Gasteiger partial charge >= 0.3 is 5.97 Å². The van der Waals surface area contributed by atoms with E-state index in [0.717, 1.165) is 12.8 Å². The van der Waals surface area contributed by atoms with Crippen molar-refractivity contribution in [2.45, 2.75) is 45.1 Å². The van der Waals surface area contributed by atoms with Crippen LogP contribution < -0.4 is 5.32 Å². The van der Waals surface area contributed by atoms with E-state index in [1.54, 1.807) is 6.92 Å². The molecule has 1 aliphatic rings. The molecule has 1 saturated carbocycles. The number of rotatable bonds is 4. The minimum absolute atomic E-state index is 0.219. The lowest BCUT2D eigenvalue weighted by molar-refractivity contribution is -0.149. The molecule has 94 valence electrons. The number of nitrogens with zero attached hydrogens (tertiary/aromatic N) is 1. The highest BCUT2D eigenvalue weighted by Gasteiger charge is 2.35. The predicted molar refractivity (Wildman–Crippen MR) is 60.9 cm³/mol. The first kappa shape index (κ1) is 13.5. The van der Waals surface area contributed by atoms with Gasteiger partial charge in [0.15, 0.2) is 0 Å². The number of nitriles is 1. The van der Waals surface area contributed by atoms with Crippen LogP contribution in [0.1, 0.15) is 39.0 Å². The second-order valence-electron chi connectivity index (χ2n) is 4.61. The summed E-state index contributed by atoms with van der Waals surface area (Å²) in [6.45, 7) is 1.75. The lowest BCUT2D eigenvalue weighted by atomic mass is 9.78. The van der Waals surface area contributed by atoms with Gasteiger partial charge in [0.2, 0.25) is 5.91 Å². The Morgan fingerprint density at radius 2 is 2.00 bits per heavy atom. The highest BCUT2D eigenvalue weighted by molar-refractivity contribution is 5.85. The summed E-state index contributed by atoms with van der Waals surface area (Å²) in [4.78, 5) is 23.0. The van der Waals surface area contributed by atoms with E-state index in [-0.39, 0.29) is 18.4 Å². The van der Waals surface area contributed by atoms with Gasteiger partial charge in [-0.3, -0.25) is 9.59 Å². The standard InChI is InChI=1S/C12H18N2O3/c1-8(6-7-13)14-11(15)9-4-2-3-5-10(9)12(16)17/h8-10H,2-6H2,1H3,(H,14,15)(H,16,17). The van der Waals surface area contributed by atoms with Crippen LogP contribution in [0.15, 0.2) is 0 Å². The Kier molecular flexibility index (Phi) is 4.95. The third-order valence-corrected chi connectivity index (χ3v) is 3.21. The van der Waals surface area contributed by atoms with E-state index in [9.17, 15) is 9.59 Å². The van der Waals surface area contributed by atoms with Crippen LogP contribution in [0, 0.1) is 23.2 Å². The van der Waals surface area contributed by atoms with Crippen molar-refractivity contribution in [2.75, 3.05) is 0 Å². The number of hydrogen-bond acceptors (Lipinski definition) is 3. The molecule has 0 saturated heterocycles. The van der Waals surface area contributed by atoms with Gasteiger partial charge in [0.1, 0.15) is 0 Å². The largest absolute Gasteiger partial charge is 0.481 e. The minimum Gasteiger partial charge on any atom is -0.481 e. The smallest absolute Gasteiger partial charge is 0.307 e. The predicted octanol–water partition coefficient (Wildman–Crippen LogP) is 1.30. The summed E-state index contributed by atoms with van der Waals surface area (Å²) in [5.41, 5.74) is 0. The monoisotopic (exact) mass is 238 g/mol. The van der Waals surface area contributed by atoms with Gasteiger partial charge in [-0.05, 0) is 19.8 Å². The summed E-state index contributed by atoms with van der Waals surface area (Å²) in [6.07, 6.45) is 3.21. The molecule has 1 aliphatic carbocycles. The SMILES string of the molecule is CC(CC#N)NC(=O)C1CCCCC1C(=O)O. The van der Waals surface area contributed by atoms with Crippen molar-refractivity contribution >= 4 is 11.9 Å². The van der Waals surface area contributed by atoms with Gasteiger partial charge in [0.25, 0.3) is 0 Å². The summed E-state index contributed by atoms with van der Waals surface area (Å²) in [6, 6.07) is 1.76. The molecule has 0 spiro atoms. The zero-order chi connectivity index (χ0) is 12.8. The van der Waals surface area contributed by atoms with Crippen molar-refractivity contribution in [2.24, 2.45) is 11.8 Å². The summed E-state index contributed by atoms with van der Waals surface area (Å²) >= 11 is 0. The van der Waals surface area contributed by atoms with Crippen molar-refractivity contribution in [1.82, 2.24) is 5.32 Å². The Hall–Kier alpha value is -1.57. The molecule has 1 rings (SSSR count). The molecule has 1 amide bonds. The van der Waals surface area contributed by atoms with Crippen LogP contribution in [0.2, 0.25) is 0 Å². The van der Waals surface area contributed by atoms with Crippen molar-refractivity contribution < 1.29 is 14.7 Å². The second kappa shape index (κ2) is 6.24. The Morgan fingerprint density at radius 3 is 2.53 bits per heavy atom. The molecule has 0 aromatic rings. The van der Waals surface area contributed by atoms with Crippen molar-refractivity contribution in [1.29, 1.82) is 5.26 Å². The van der Waals surface area contributed by atoms with Gasteiger partial charge in [-0.25, -0.2) is 0 Å². The molecule has 0 aromatic carbocycles. The fraction of sp³-hybridized carbons (Fsp3) is 0.750. The van der Waals surface area contributed by atoms with Crippen molar-refractivity contribution in [3.05, 3.63) is 0 Å². The van der Waals surface area contributed by atoms with Crippen molar-refractivity contribution in [3.63, 3.8) is 0 Å². The Labute approximate surface area is 101 Å². The van der Waals surface area contributed by atoms with Gasteiger partial charge in [0, 0.05) is 6.04 Å². The van der Waals surface area contributed by atoms with Gasteiger partial charge in [-0.1, -0.05) is 12.8 Å². The van der Waals surface area contributed by atoms with Gasteiger partial charge in [0.05, 0.1) is 24.3 Å². The molecule has 0 radical (unpaired) electrons. The molecule has 3 unspecified atom stereocenters. The van der Waals surface area contributed by atoms with E-state index in [1.165, 1.54) is 0 Å². The highest BCUT2D eigenvalue weighted by atomic mass is 16.4. The maximum absolute atomic E-state index is 11.9. The van der Waals surface area contributed by atoms with Crippen LogP contribution in [-0.2, 0) is 9.59 Å². The molecule has 0 aliphatic heterocycles. The minimum atomic E-state index is -0.891. The molecule has 5 heteroatoms. The van der Waals surface area contributed by atoms with Gasteiger partial charge in [-0.15, -0.1) is 0 Å². The third kappa shape index (κ3) is 3.74. The first-order valence-corrected chi connectivity index (χ1v) is 5.96. The van der Waals surface area contributed by atoms with Crippen molar-refractivity contribution in [3.8, 4) is 6.07 Å². The van der Waals surface area contributed by atoms with E-state index < -0.39 is 17.8 Å². The molecule has 3 atom stereocenters. The number of hydrogen-bond donors (Lipinski definition) is 2. The summed E-state index contributed by atoms with van der Waals surface area (Å²) in [5.74, 6) is -2.13. The molecular weight excluding hydrogens is 220 g/mol. The van der Waals surface area contributed by atoms with Crippen LogP contribution in [0.3, 0.4) is 0 Å². The van der Waals surface area contributed by atoms with Gasteiger partial charge in [-0.2, -0.15) is 5.26 Å². The van der Waals surface area contributed by atoms with Gasteiger partial charge < -0.3 is 10.4 Å². The van der Waals surface area contributed by atoms with E-state index in [2.05, 4.69) is 5.32 Å². The number of aliphatic carboxylic acids is 1. The van der Waals surface area contributed by atoms with E-state index in [4.69, 9.17) is 10.4 Å². The average molecular weight is 238 g/mol. The quantitative estimate of drug-likeness (QED) is 0.772. The molecule has 0 heterocycles. The Morgan fingerprint density at radius 1 is 1.41 bits per heavy atom. The number of carbonyl (C=O) groups excluding carboxylic acids is 1. The number of carboxylic acid groups (broad SMARTS) is 1. The zero-order valence-corrected chi connectivity index (χ0v) is 9.98. The normalized spacial score (nSPS) is 25.6. The third-order valence-electron chi connectivity index (χ3n) is 3.21. The fourth-order valence-corrected chi connectivity index (χ4v) is 2.28. The highest BCUT2D eigenvalue weighted by Crippen LogP contribution is 2.30. The summed E-state index contributed by atoms with van der Waals surface area (Å²) < 4.78 is 0. The van der Waals surface area contributed by atoms with E-state index >= 15 is 0 Å². The molecule has 1 fully saturated rings. The Balaban J connectivity index is 2.59. The van der Waals surface area contributed by atoms with Crippen LogP contribution in [0.4, 0.5) is 0 Å². The molecule has 0 bridgehead atoms. The second-order valence-corrected chi connectivity index (χ2v) is 4.61. The van der Waals surface area contributed by atoms with Crippen LogP contribution in [0.5, 0.6) is 0 Å². The van der Waals surface area contributed by atoms with E-state index in [1.807, 2.05) is 6.07 Å². The van der Waals surface area contributed by atoms with Crippen LogP contribution in [-0.4, -0.2) is 23.0 Å². The number of nitrogens with one attached hydrogen (secondary N) is 1. The molecule has 0 aromatic heterocycles. The lowest BCUT2D eigenvalue weighted by Gasteiger charge is -2.28. The molecule has 5 nitrogen and oxygen atoms in total. The van der Waals surface area contributed by atoms with Crippen LogP contribution >= 0.6 is 0 Å². The van der Waals surface area contributed by atoms with E-state index in [0.29, 0.717) is 12.8 Å². The zero-order valence-electron chi connectivity index (χ0n) is 9.98. The molecule has 2 N–H and O–H groups in total. The summed E-state index contributed by atoms with van der Waals surface area (Å²) in [5, 5.41) is 20.3.